The van der Waals surface area contributed by atoms with Crippen LogP contribution in [0.2, 0.25) is 0 Å². The number of ether oxygens (including phenoxy) is 1. The van der Waals surface area contributed by atoms with Gasteiger partial charge in [-0.2, -0.15) is 0 Å². The van der Waals surface area contributed by atoms with Crippen LogP contribution in [0.15, 0.2) is 11.4 Å². The van der Waals surface area contributed by atoms with Gasteiger partial charge >= 0.3 is 0 Å². The molecule has 4 nitrogen and oxygen atoms in total. The fraction of sp³-hybridized carbons (Fsp3) is 0.545. The van der Waals surface area contributed by atoms with Crippen molar-refractivity contribution in [2.45, 2.75) is 0 Å². The molecule has 0 aliphatic carbocycles. The highest BCUT2D eigenvalue weighted by Crippen LogP contribution is 2.16. The Bertz CT molecular complexity index is 357. The molecule has 0 fully saturated rings. The molecule has 0 unspecified atom stereocenters. The number of rotatable bonds is 7. The van der Waals surface area contributed by atoms with Gasteiger partial charge in [0.15, 0.2) is 0 Å². The van der Waals surface area contributed by atoms with Crippen LogP contribution in [0.1, 0.15) is 10.4 Å². The van der Waals surface area contributed by atoms with Gasteiger partial charge < -0.3 is 15.0 Å². The third kappa shape index (κ3) is 5.80. The minimum Gasteiger partial charge on any atom is -0.383 e. The first-order chi connectivity index (χ1) is 8.13. The van der Waals surface area contributed by atoms with Gasteiger partial charge in [0.2, 0.25) is 0 Å². The largest absolute Gasteiger partial charge is 0.383 e. The summed E-state index contributed by atoms with van der Waals surface area (Å²) in [6.07, 6.45) is 0. The molecule has 96 valence electrons. The lowest BCUT2D eigenvalue weighted by molar-refractivity contribution is 0.0948. The van der Waals surface area contributed by atoms with Crippen molar-refractivity contribution in [3.8, 4) is 0 Å². The maximum atomic E-state index is 11.7. The minimum atomic E-state index is 0.00399. The summed E-state index contributed by atoms with van der Waals surface area (Å²) < 4.78 is 6.11. The van der Waals surface area contributed by atoms with Gasteiger partial charge in [-0.25, -0.2) is 0 Å². The number of nitrogens with zero attached hydrogens (tertiary/aromatic N) is 1. The van der Waals surface area contributed by atoms with Crippen LogP contribution in [0.4, 0.5) is 0 Å². The molecule has 1 N–H and O–H groups in total. The number of carbonyl (C=O) groups excluding carboxylic acids is 1. The average molecular weight is 368 g/mol. The van der Waals surface area contributed by atoms with Gasteiger partial charge in [-0.3, -0.25) is 4.79 Å². The van der Waals surface area contributed by atoms with Crippen molar-refractivity contribution in [2.24, 2.45) is 0 Å². The smallest absolute Gasteiger partial charge is 0.252 e. The molecule has 1 heterocycles. The van der Waals surface area contributed by atoms with Gasteiger partial charge in [0.05, 0.1) is 15.1 Å². The number of likely N-dealkylation sites (N-methyl/N-ethyl adjacent to an activating group) is 1. The fourth-order valence-corrected chi connectivity index (χ4v) is 2.58. The lowest BCUT2D eigenvalue weighted by atomic mass is 10.3. The predicted molar refractivity (Wildman–Crippen MR) is 78.7 cm³/mol. The molecule has 0 saturated carbocycles. The maximum absolute atomic E-state index is 11.7. The predicted octanol–water partition coefficient (Wildman–Crippen LogP) is 1.66. The van der Waals surface area contributed by atoms with E-state index in [9.17, 15) is 4.79 Å². The zero-order valence-corrected chi connectivity index (χ0v) is 13.0. The Morgan fingerprint density at radius 1 is 1.59 bits per heavy atom. The van der Waals surface area contributed by atoms with Crippen molar-refractivity contribution in [3.05, 3.63) is 19.9 Å². The quantitative estimate of drug-likeness (QED) is 0.745. The minimum absolute atomic E-state index is 0.00399. The first-order valence-electron chi connectivity index (χ1n) is 5.33. The summed E-state index contributed by atoms with van der Waals surface area (Å²) >= 11 is 3.80. The number of methoxy groups -OCH3 is 1. The standard InChI is InChI=1S/C11H17IN2O2S/c1-14(5-6-16-2)4-3-13-11(15)9-7-10(12)17-8-9/h7-8H,3-6H2,1-2H3,(H,13,15). The summed E-state index contributed by atoms with van der Waals surface area (Å²) in [6, 6.07) is 1.90. The van der Waals surface area contributed by atoms with Crippen molar-refractivity contribution >= 4 is 39.8 Å². The molecular weight excluding hydrogens is 351 g/mol. The van der Waals surface area contributed by atoms with E-state index in [0.29, 0.717) is 13.2 Å². The van der Waals surface area contributed by atoms with Crippen molar-refractivity contribution in [3.63, 3.8) is 0 Å². The van der Waals surface area contributed by atoms with Crippen LogP contribution in [-0.4, -0.2) is 51.2 Å². The number of halogens is 1. The Balaban J connectivity index is 2.20. The number of thiophene rings is 1. The van der Waals surface area contributed by atoms with Crippen LogP contribution in [0.5, 0.6) is 0 Å². The van der Waals surface area contributed by atoms with Gasteiger partial charge in [-0.15, -0.1) is 11.3 Å². The maximum Gasteiger partial charge on any atom is 0.252 e. The molecular formula is C11H17IN2O2S. The topological polar surface area (TPSA) is 41.6 Å². The third-order valence-electron chi connectivity index (χ3n) is 2.29. The van der Waals surface area contributed by atoms with Crippen LogP contribution in [0.25, 0.3) is 0 Å². The van der Waals surface area contributed by atoms with E-state index in [1.807, 2.05) is 18.5 Å². The van der Waals surface area contributed by atoms with Gasteiger partial charge in [0.1, 0.15) is 0 Å². The van der Waals surface area contributed by atoms with E-state index in [4.69, 9.17) is 4.74 Å². The SMILES string of the molecule is COCCN(C)CCNC(=O)c1csc(I)c1. The second kappa shape index (κ2) is 8.02. The molecule has 1 amide bonds. The van der Waals surface area contributed by atoms with Crippen LogP contribution in [0, 0.1) is 2.88 Å². The van der Waals surface area contributed by atoms with E-state index in [2.05, 4.69) is 32.8 Å². The summed E-state index contributed by atoms with van der Waals surface area (Å²) in [5.74, 6) is 0.00399. The molecule has 0 aliphatic heterocycles. The van der Waals surface area contributed by atoms with E-state index < -0.39 is 0 Å². The summed E-state index contributed by atoms with van der Waals surface area (Å²) in [5, 5.41) is 4.78. The van der Waals surface area contributed by atoms with Gasteiger partial charge in [-0.05, 0) is 35.7 Å². The number of hydrogen-bond donors (Lipinski definition) is 1. The van der Waals surface area contributed by atoms with Crippen molar-refractivity contribution in [1.29, 1.82) is 0 Å². The molecule has 0 aliphatic rings. The van der Waals surface area contributed by atoms with E-state index >= 15 is 0 Å². The molecule has 17 heavy (non-hydrogen) atoms. The normalized spacial score (nSPS) is 10.8. The van der Waals surface area contributed by atoms with E-state index in [1.165, 1.54) is 0 Å². The molecule has 0 atom stereocenters. The molecule has 0 bridgehead atoms. The molecule has 0 saturated heterocycles. The molecule has 0 aromatic carbocycles. The molecule has 1 rings (SSSR count). The van der Waals surface area contributed by atoms with Gasteiger partial charge in [0, 0.05) is 32.1 Å². The first kappa shape index (κ1) is 14.9. The summed E-state index contributed by atoms with van der Waals surface area (Å²) in [6.45, 7) is 3.08. The molecule has 1 aromatic rings. The highest BCUT2D eigenvalue weighted by Gasteiger charge is 2.07. The van der Waals surface area contributed by atoms with Crippen LogP contribution in [0.3, 0.4) is 0 Å². The monoisotopic (exact) mass is 368 g/mol. The summed E-state index contributed by atoms with van der Waals surface area (Å²) in [7, 11) is 3.70. The number of hydrogen-bond acceptors (Lipinski definition) is 4. The highest BCUT2D eigenvalue weighted by atomic mass is 127. The van der Waals surface area contributed by atoms with Crippen molar-refractivity contribution < 1.29 is 9.53 Å². The zero-order chi connectivity index (χ0) is 12.7. The Morgan fingerprint density at radius 2 is 2.35 bits per heavy atom. The lowest BCUT2D eigenvalue weighted by Crippen LogP contribution is -2.34. The highest BCUT2D eigenvalue weighted by molar-refractivity contribution is 14.1. The summed E-state index contributed by atoms with van der Waals surface area (Å²) in [4.78, 5) is 13.8. The number of carbonyl (C=O) groups is 1. The molecule has 6 heteroatoms. The van der Waals surface area contributed by atoms with Crippen LogP contribution >= 0.6 is 33.9 Å². The van der Waals surface area contributed by atoms with Gasteiger partial charge in [0.25, 0.3) is 5.91 Å². The number of nitrogens with one attached hydrogen (secondary N) is 1. The third-order valence-corrected chi connectivity index (χ3v) is 4.07. The zero-order valence-electron chi connectivity index (χ0n) is 10.0. The molecule has 0 radical (unpaired) electrons. The second-order valence-electron chi connectivity index (χ2n) is 3.69. The Hall–Kier alpha value is -0.180. The van der Waals surface area contributed by atoms with Crippen LogP contribution < -0.4 is 5.32 Å². The summed E-state index contributed by atoms with van der Waals surface area (Å²) in [5.41, 5.74) is 0.749. The Kier molecular flexibility index (Phi) is 7.02. The van der Waals surface area contributed by atoms with Gasteiger partial charge in [-0.1, -0.05) is 0 Å². The van der Waals surface area contributed by atoms with Crippen LogP contribution in [-0.2, 0) is 4.74 Å². The van der Waals surface area contributed by atoms with Crippen molar-refractivity contribution in [2.75, 3.05) is 40.4 Å². The lowest BCUT2D eigenvalue weighted by Gasteiger charge is -2.15. The second-order valence-corrected chi connectivity index (χ2v) is 6.50. The Labute approximate surface area is 119 Å². The van der Waals surface area contributed by atoms with E-state index in [-0.39, 0.29) is 5.91 Å². The average Bonchev–Trinajstić information content (AvgIpc) is 2.73. The first-order valence-corrected chi connectivity index (χ1v) is 7.29. The Morgan fingerprint density at radius 3 is 2.94 bits per heavy atom. The molecule has 0 spiro atoms. The number of amides is 1. The molecule has 1 aromatic heterocycles. The van der Waals surface area contributed by atoms with E-state index in [1.54, 1.807) is 18.4 Å². The fourth-order valence-electron chi connectivity index (χ4n) is 1.25. The van der Waals surface area contributed by atoms with E-state index in [0.717, 1.165) is 21.5 Å². The van der Waals surface area contributed by atoms with Crippen molar-refractivity contribution in [1.82, 2.24) is 10.2 Å².